The van der Waals surface area contributed by atoms with Crippen LogP contribution in [0, 0.1) is 11.8 Å². The van der Waals surface area contributed by atoms with Crippen molar-refractivity contribution in [3.63, 3.8) is 0 Å². The molecule has 0 aliphatic carbocycles. The highest BCUT2D eigenvalue weighted by molar-refractivity contribution is 5.17. The molecule has 0 heterocycles. The van der Waals surface area contributed by atoms with Crippen LogP contribution in [-0.4, -0.2) is 0 Å². The zero-order valence-corrected chi connectivity index (χ0v) is 3.59. The number of rotatable bonds is 0. The Hall–Kier alpha value is -0.770. The predicted octanol–water partition coefficient (Wildman–Crippen LogP) is 1.49. The molecule has 0 rings (SSSR count). The maximum Gasteiger partial charge on any atom is 0.165 e. The van der Waals surface area contributed by atoms with E-state index in [9.17, 15) is 4.39 Å². The summed E-state index contributed by atoms with van der Waals surface area (Å²) in [7, 11) is 0. The molecule has 0 bridgehead atoms. The van der Waals surface area contributed by atoms with Gasteiger partial charge < -0.3 is 0 Å². The van der Waals surface area contributed by atoms with E-state index < -0.39 is 5.83 Å². The van der Waals surface area contributed by atoms with Gasteiger partial charge in [-0.3, -0.25) is 0 Å². The molecule has 0 aromatic rings. The van der Waals surface area contributed by atoms with Crippen LogP contribution in [0.25, 0.3) is 0 Å². The minimum atomic E-state index is -0.572. The van der Waals surface area contributed by atoms with Crippen molar-refractivity contribution >= 4 is 0 Å². The summed E-state index contributed by atoms with van der Waals surface area (Å²) in [6.45, 7) is 4.46. The Bertz CT molecular complexity index is 103. The standard InChI is InChI=1S/C5H5F/c1-3-4-5(2)6/h2H2,1H3. The van der Waals surface area contributed by atoms with Gasteiger partial charge in [0.05, 0.1) is 0 Å². The van der Waals surface area contributed by atoms with E-state index in [1.807, 2.05) is 0 Å². The molecular weight excluding hydrogens is 79.1 g/mol. The second-order valence-corrected chi connectivity index (χ2v) is 0.780. The fourth-order valence-electron chi connectivity index (χ4n) is 0.136. The molecule has 0 amide bonds. The minimum absolute atomic E-state index is 0.572. The smallest absolute Gasteiger partial charge is 0.165 e. The van der Waals surface area contributed by atoms with E-state index in [0.717, 1.165) is 0 Å². The van der Waals surface area contributed by atoms with Crippen molar-refractivity contribution in [2.24, 2.45) is 0 Å². The van der Waals surface area contributed by atoms with Crippen LogP contribution in [0.1, 0.15) is 6.92 Å². The van der Waals surface area contributed by atoms with Gasteiger partial charge in [-0.05, 0) is 12.8 Å². The van der Waals surface area contributed by atoms with Crippen molar-refractivity contribution in [1.29, 1.82) is 0 Å². The minimum Gasteiger partial charge on any atom is -0.198 e. The Morgan fingerprint density at radius 1 is 1.83 bits per heavy atom. The van der Waals surface area contributed by atoms with Gasteiger partial charge in [0, 0.05) is 0 Å². The Kier molecular flexibility index (Phi) is 2.15. The summed E-state index contributed by atoms with van der Waals surface area (Å²) in [5.41, 5.74) is 0. The Balaban J connectivity index is 3.50. The van der Waals surface area contributed by atoms with Crippen LogP contribution in [0.5, 0.6) is 0 Å². The van der Waals surface area contributed by atoms with E-state index in [1.165, 1.54) is 0 Å². The topological polar surface area (TPSA) is 0 Å². The van der Waals surface area contributed by atoms with Crippen molar-refractivity contribution in [3.05, 3.63) is 12.4 Å². The van der Waals surface area contributed by atoms with Gasteiger partial charge in [0.2, 0.25) is 0 Å². The molecular formula is C5H5F. The molecule has 0 saturated heterocycles. The molecule has 0 nitrogen and oxygen atoms in total. The van der Waals surface area contributed by atoms with Crippen molar-refractivity contribution in [3.8, 4) is 11.8 Å². The molecule has 0 aliphatic heterocycles. The first kappa shape index (κ1) is 5.23. The van der Waals surface area contributed by atoms with Gasteiger partial charge in [-0.25, -0.2) is 0 Å². The Morgan fingerprint density at radius 3 is 2.33 bits per heavy atom. The summed E-state index contributed by atoms with van der Waals surface area (Å²) >= 11 is 0. The fraction of sp³-hybridized carbons (Fsp3) is 0.200. The molecule has 0 N–H and O–H groups in total. The zero-order chi connectivity index (χ0) is 4.99. The van der Waals surface area contributed by atoms with Crippen LogP contribution in [0.2, 0.25) is 0 Å². The molecule has 0 aromatic heterocycles. The van der Waals surface area contributed by atoms with E-state index >= 15 is 0 Å². The Labute approximate surface area is 36.7 Å². The number of hydrogen-bond donors (Lipinski definition) is 0. The summed E-state index contributed by atoms with van der Waals surface area (Å²) in [6.07, 6.45) is 0. The third-order valence-electron chi connectivity index (χ3n) is 0.261. The fourth-order valence-corrected chi connectivity index (χ4v) is 0.136. The first-order valence-corrected chi connectivity index (χ1v) is 1.54. The van der Waals surface area contributed by atoms with Crippen LogP contribution in [-0.2, 0) is 0 Å². The van der Waals surface area contributed by atoms with E-state index in [-0.39, 0.29) is 0 Å². The highest BCUT2D eigenvalue weighted by atomic mass is 19.1. The van der Waals surface area contributed by atoms with Crippen LogP contribution < -0.4 is 0 Å². The third kappa shape index (κ3) is 3.23. The monoisotopic (exact) mass is 84.0 g/mol. The van der Waals surface area contributed by atoms with E-state index in [0.29, 0.717) is 0 Å². The maximum absolute atomic E-state index is 11.3. The zero-order valence-electron chi connectivity index (χ0n) is 3.59. The first-order valence-electron chi connectivity index (χ1n) is 1.54. The van der Waals surface area contributed by atoms with Gasteiger partial charge in [0.15, 0.2) is 5.83 Å². The van der Waals surface area contributed by atoms with Gasteiger partial charge in [0.25, 0.3) is 0 Å². The van der Waals surface area contributed by atoms with Crippen molar-refractivity contribution < 1.29 is 4.39 Å². The lowest BCUT2D eigenvalue weighted by atomic mass is 10.6. The molecule has 0 unspecified atom stereocenters. The van der Waals surface area contributed by atoms with E-state index in [1.54, 1.807) is 6.92 Å². The van der Waals surface area contributed by atoms with E-state index in [4.69, 9.17) is 0 Å². The van der Waals surface area contributed by atoms with Gasteiger partial charge >= 0.3 is 0 Å². The average Bonchev–Trinajstić information content (AvgIpc) is 1.35. The van der Waals surface area contributed by atoms with Gasteiger partial charge in [-0.15, -0.1) is 0 Å². The van der Waals surface area contributed by atoms with Gasteiger partial charge in [0.1, 0.15) is 0 Å². The van der Waals surface area contributed by atoms with Crippen LogP contribution in [0.4, 0.5) is 4.39 Å². The molecule has 0 atom stereocenters. The van der Waals surface area contributed by atoms with Crippen LogP contribution >= 0.6 is 0 Å². The molecule has 0 fully saturated rings. The second kappa shape index (κ2) is 2.47. The summed E-state index contributed by atoms with van der Waals surface area (Å²) in [5.74, 6) is 3.87. The van der Waals surface area contributed by atoms with Gasteiger partial charge in [-0.2, -0.15) is 4.39 Å². The average molecular weight is 84.1 g/mol. The summed E-state index contributed by atoms with van der Waals surface area (Å²) in [6, 6.07) is 0. The molecule has 0 aliphatic rings. The predicted molar refractivity (Wildman–Crippen MR) is 23.7 cm³/mol. The van der Waals surface area contributed by atoms with Crippen molar-refractivity contribution in [2.75, 3.05) is 0 Å². The third-order valence-corrected chi connectivity index (χ3v) is 0.261. The Morgan fingerprint density at radius 2 is 2.33 bits per heavy atom. The molecule has 0 aromatic carbocycles. The lowest BCUT2D eigenvalue weighted by molar-refractivity contribution is 0.680. The summed E-state index contributed by atoms with van der Waals surface area (Å²) in [5, 5.41) is 0. The number of allylic oxidation sites excluding steroid dienone is 1. The lowest BCUT2D eigenvalue weighted by Gasteiger charge is -1.64. The quantitative estimate of drug-likeness (QED) is 0.390. The lowest BCUT2D eigenvalue weighted by Crippen LogP contribution is -1.52. The maximum atomic E-state index is 11.3. The first-order chi connectivity index (χ1) is 2.77. The number of halogens is 1. The number of hydrogen-bond acceptors (Lipinski definition) is 0. The SMILES string of the molecule is C=C(F)C#CC. The highest BCUT2D eigenvalue weighted by Crippen LogP contribution is 1.82. The van der Waals surface area contributed by atoms with Crippen molar-refractivity contribution in [1.82, 2.24) is 0 Å². The largest absolute Gasteiger partial charge is 0.198 e. The molecule has 6 heavy (non-hydrogen) atoms. The highest BCUT2D eigenvalue weighted by Gasteiger charge is 1.68. The van der Waals surface area contributed by atoms with E-state index in [2.05, 4.69) is 18.4 Å². The van der Waals surface area contributed by atoms with Crippen LogP contribution in [0.3, 0.4) is 0 Å². The normalized spacial score (nSPS) is 5.67. The van der Waals surface area contributed by atoms with Crippen LogP contribution in [0.15, 0.2) is 12.4 Å². The second-order valence-electron chi connectivity index (χ2n) is 0.780. The summed E-state index contributed by atoms with van der Waals surface area (Å²) < 4.78 is 11.3. The molecule has 1 heteroatoms. The molecule has 0 radical (unpaired) electrons. The van der Waals surface area contributed by atoms with Gasteiger partial charge in [-0.1, -0.05) is 12.5 Å². The molecule has 0 saturated carbocycles. The molecule has 0 spiro atoms. The molecule has 32 valence electrons. The van der Waals surface area contributed by atoms with Crippen molar-refractivity contribution in [2.45, 2.75) is 6.92 Å². The summed E-state index contributed by atoms with van der Waals surface area (Å²) in [4.78, 5) is 0.